The van der Waals surface area contributed by atoms with Gasteiger partial charge in [-0.1, -0.05) is 11.2 Å². The second-order valence-electron chi connectivity index (χ2n) is 7.03. The number of anilines is 1. The summed E-state index contributed by atoms with van der Waals surface area (Å²) in [6.45, 7) is 4.43. The lowest BCUT2D eigenvalue weighted by atomic mass is 9.96. The molecule has 2 atom stereocenters. The molecule has 2 saturated heterocycles. The van der Waals surface area contributed by atoms with Gasteiger partial charge in [-0.25, -0.2) is 4.98 Å². The number of hydrogen-bond donors (Lipinski definition) is 0. The van der Waals surface area contributed by atoms with Crippen LogP contribution >= 0.6 is 0 Å². The standard InChI is InChI=1S/C19H24N4O2/c1-14-12-17(25-21-14)16-7-5-11-23(16)19(24)15-6-4-10-22(13-15)18-8-2-3-9-20-18/h2-3,8-9,12,15-16H,4-7,10-11,13H2,1H3/t15-,16-/m1/s1. The van der Waals surface area contributed by atoms with Crippen molar-refractivity contribution in [3.05, 3.63) is 41.9 Å². The zero-order valence-electron chi connectivity index (χ0n) is 14.6. The van der Waals surface area contributed by atoms with Crippen molar-refractivity contribution in [3.8, 4) is 0 Å². The van der Waals surface area contributed by atoms with E-state index in [-0.39, 0.29) is 17.9 Å². The van der Waals surface area contributed by atoms with Gasteiger partial charge in [0.25, 0.3) is 0 Å². The van der Waals surface area contributed by atoms with Gasteiger partial charge in [0.15, 0.2) is 5.76 Å². The van der Waals surface area contributed by atoms with E-state index in [1.165, 1.54) is 0 Å². The van der Waals surface area contributed by atoms with Crippen molar-refractivity contribution in [2.24, 2.45) is 5.92 Å². The molecular weight excluding hydrogens is 316 g/mol. The zero-order chi connectivity index (χ0) is 17.2. The normalized spacial score (nSPS) is 23.9. The number of piperidine rings is 1. The summed E-state index contributed by atoms with van der Waals surface area (Å²) in [5, 5.41) is 3.99. The van der Waals surface area contributed by atoms with Gasteiger partial charge in [-0.15, -0.1) is 0 Å². The summed E-state index contributed by atoms with van der Waals surface area (Å²) in [6, 6.07) is 7.93. The molecule has 1 amide bonds. The Morgan fingerprint density at radius 2 is 2.12 bits per heavy atom. The average Bonchev–Trinajstić information content (AvgIpc) is 3.30. The van der Waals surface area contributed by atoms with Crippen molar-refractivity contribution in [1.82, 2.24) is 15.0 Å². The van der Waals surface area contributed by atoms with Crippen molar-refractivity contribution in [2.75, 3.05) is 24.5 Å². The lowest BCUT2D eigenvalue weighted by Gasteiger charge is -2.35. The third-order valence-electron chi connectivity index (χ3n) is 5.25. The largest absolute Gasteiger partial charge is 0.359 e. The molecule has 0 bridgehead atoms. The SMILES string of the molecule is Cc1cc([C@H]2CCCN2C(=O)[C@@H]2CCCN(c3ccccn3)C2)on1. The molecule has 4 heterocycles. The number of amides is 1. The monoisotopic (exact) mass is 340 g/mol. The van der Waals surface area contributed by atoms with Crippen LogP contribution in [-0.2, 0) is 4.79 Å². The van der Waals surface area contributed by atoms with Gasteiger partial charge in [-0.3, -0.25) is 4.79 Å². The minimum Gasteiger partial charge on any atom is -0.359 e. The molecule has 0 N–H and O–H groups in total. The molecule has 2 fully saturated rings. The van der Waals surface area contributed by atoms with Crippen molar-refractivity contribution in [1.29, 1.82) is 0 Å². The Morgan fingerprint density at radius 1 is 1.24 bits per heavy atom. The van der Waals surface area contributed by atoms with Crippen LogP contribution in [0.4, 0.5) is 5.82 Å². The van der Waals surface area contributed by atoms with E-state index < -0.39 is 0 Å². The van der Waals surface area contributed by atoms with Gasteiger partial charge in [-0.2, -0.15) is 0 Å². The molecule has 6 heteroatoms. The molecule has 132 valence electrons. The molecule has 4 rings (SSSR count). The van der Waals surface area contributed by atoms with Gasteiger partial charge < -0.3 is 14.3 Å². The van der Waals surface area contributed by atoms with Crippen molar-refractivity contribution in [2.45, 2.75) is 38.6 Å². The third-order valence-corrected chi connectivity index (χ3v) is 5.25. The first-order valence-corrected chi connectivity index (χ1v) is 9.12. The molecule has 0 unspecified atom stereocenters. The van der Waals surface area contributed by atoms with Gasteiger partial charge in [0.1, 0.15) is 5.82 Å². The Balaban J connectivity index is 1.48. The van der Waals surface area contributed by atoms with E-state index in [9.17, 15) is 4.79 Å². The van der Waals surface area contributed by atoms with E-state index in [0.717, 1.165) is 62.6 Å². The summed E-state index contributed by atoms with van der Waals surface area (Å²) in [5.74, 6) is 2.06. The van der Waals surface area contributed by atoms with Crippen LogP contribution in [0.5, 0.6) is 0 Å². The number of carbonyl (C=O) groups excluding carboxylic acids is 1. The van der Waals surface area contributed by atoms with E-state index in [2.05, 4.69) is 15.0 Å². The number of aryl methyl sites for hydroxylation is 1. The van der Waals surface area contributed by atoms with E-state index in [0.29, 0.717) is 0 Å². The number of hydrogen-bond acceptors (Lipinski definition) is 5. The van der Waals surface area contributed by atoms with Crippen LogP contribution in [-0.4, -0.2) is 40.6 Å². The Morgan fingerprint density at radius 3 is 2.88 bits per heavy atom. The first-order valence-electron chi connectivity index (χ1n) is 9.12. The van der Waals surface area contributed by atoms with Gasteiger partial charge in [-0.05, 0) is 44.7 Å². The zero-order valence-corrected chi connectivity index (χ0v) is 14.6. The molecule has 2 aromatic heterocycles. The quantitative estimate of drug-likeness (QED) is 0.859. The third kappa shape index (κ3) is 3.25. The Bertz CT molecular complexity index is 730. The topological polar surface area (TPSA) is 62.5 Å². The van der Waals surface area contributed by atoms with Crippen LogP contribution in [0.15, 0.2) is 35.0 Å². The molecule has 2 aliphatic heterocycles. The number of rotatable bonds is 3. The molecule has 0 spiro atoms. The second kappa shape index (κ2) is 6.86. The number of nitrogens with zero attached hydrogens (tertiary/aromatic N) is 4. The fourth-order valence-electron chi connectivity index (χ4n) is 4.03. The predicted octanol–water partition coefficient (Wildman–Crippen LogP) is 2.96. The molecule has 0 aromatic carbocycles. The number of likely N-dealkylation sites (tertiary alicyclic amines) is 1. The van der Waals surface area contributed by atoms with Gasteiger partial charge in [0, 0.05) is 31.9 Å². The van der Waals surface area contributed by atoms with E-state index >= 15 is 0 Å². The molecular formula is C19H24N4O2. The first kappa shape index (κ1) is 16.1. The highest BCUT2D eigenvalue weighted by atomic mass is 16.5. The summed E-state index contributed by atoms with van der Waals surface area (Å²) in [4.78, 5) is 21.9. The Hall–Kier alpha value is -2.37. The minimum atomic E-state index is 0.0281. The highest BCUT2D eigenvalue weighted by Gasteiger charge is 2.37. The summed E-state index contributed by atoms with van der Waals surface area (Å²) < 4.78 is 5.44. The molecule has 2 aromatic rings. The summed E-state index contributed by atoms with van der Waals surface area (Å²) in [6.07, 6.45) is 5.75. The molecule has 2 aliphatic rings. The average molecular weight is 340 g/mol. The summed E-state index contributed by atoms with van der Waals surface area (Å²) >= 11 is 0. The lowest BCUT2D eigenvalue weighted by Crippen LogP contribution is -2.45. The fraction of sp³-hybridized carbons (Fsp3) is 0.526. The molecule has 0 aliphatic carbocycles. The highest BCUT2D eigenvalue weighted by Crippen LogP contribution is 2.35. The molecule has 25 heavy (non-hydrogen) atoms. The second-order valence-corrected chi connectivity index (χ2v) is 7.03. The van der Waals surface area contributed by atoms with E-state index in [1.807, 2.05) is 42.3 Å². The van der Waals surface area contributed by atoms with Crippen LogP contribution in [0.3, 0.4) is 0 Å². The van der Waals surface area contributed by atoms with Crippen LogP contribution < -0.4 is 4.90 Å². The maximum absolute atomic E-state index is 13.2. The summed E-state index contributed by atoms with van der Waals surface area (Å²) in [5.41, 5.74) is 0.869. The van der Waals surface area contributed by atoms with Gasteiger partial charge >= 0.3 is 0 Å². The molecule has 0 radical (unpaired) electrons. The van der Waals surface area contributed by atoms with Crippen LogP contribution in [0.1, 0.15) is 43.2 Å². The number of pyridine rings is 1. The predicted molar refractivity (Wildman–Crippen MR) is 94.1 cm³/mol. The maximum Gasteiger partial charge on any atom is 0.228 e. The van der Waals surface area contributed by atoms with Crippen LogP contribution in [0, 0.1) is 12.8 Å². The van der Waals surface area contributed by atoms with Crippen molar-refractivity contribution < 1.29 is 9.32 Å². The lowest BCUT2D eigenvalue weighted by molar-refractivity contribution is -0.137. The first-order chi connectivity index (χ1) is 12.2. The van der Waals surface area contributed by atoms with Gasteiger partial charge in [0.05, 0.1) is 17.7 Å². The van der Waals surface area contributed by atoms with Gasteiger partial charge in [0.2, 0.25) is 5.91 Å². The molecule has 6 nitrogen and oxygen atoms in total. The summed E-state index contributed by atoms with van der Waals surface area (Å²) in [7, 11) is 0. The minimum absolute atomic E-state index is 0.0281. The number of aromatic nitrogens is 2. The molecule has 0 saturated carbocycles. The van der Waals surface area contributed by atoms with Crippen molar-refractivity contribution >= 4 is 11.7 Å². The fourth-order valence-corrected chi connectivity index (χ4v) is 4.03. The van der Waals surface area contributed by atoms with Crippen LogP contribution in [0.25, 0.3) is 0 Å². The van der Waals surface area contributed by atoms with E-state index in [4.69, 9.17) is 4.52 Å². The highest BCUT2D eigenvalue weighted by molar-refractivity contribution is 5.80. The Kier molecular flexibility index (Phi) is 4.42. The van der Waals surface area contributed by atoms with Crippen LogP contribution in [0.2, 0.25) is 0 Å². The smallest absolute Gasteiger partial charge is 0.228 e. The van der Waals surface area contributed by atoms with Crippen molar-refractivity contribution in [3.63, 3.8) is 0 Å². The Labute approximate surface area is 147 Å². The van der Waals surface area contributed by atoms with E-state index in [1.54, 1.807) is 0 Å². The maximum atomic E-state index is 13.2. The number of carbonyl (C=O) groups is 1.